The Hall–Kier alpha value is -2.78. The van der Waals surface area contributed by atoms with Crippen molar-refractivity contribution in [3.05, 3.63) is 83.4 Å². The van der Waals surface area contributed by atoms with Crippen LogP contribution in [0, 0.1) is 0 Å². The van der Waals surface area contributed by atoms with Gasteiger partial charge in [-0.15, -0.1) is 0 Å². The molecule has 0 saturated carbocycles. The van der Waals surface area contributed by atoms with E-state index in [1.54, 1.807) is 18.2 Å². The van der Waals surface area contributed by atoms with Gasteiger partial charge in [-0.3, -0.25) is 4.79 Å². The van der Waals surface area contributed by atoms with E-state index < -0.39 is 0 Å². The summed E-state index contributed by atoms with van der Waals surface area (Å²) in [6.45, 7) is 0.857. The number of nitrogens with one attached hydrogen (secondary N) is 1. The van der Waals surface area contributed by atoms with E-state index in [1.165, 1.54) is 11.5 Å². The quantitative estimate of drug-likeness (QED) is 0.516. The summed E-state index contributed by atoms with van der Waals surface area (Å²) in [7, 11) is 0. The average molecular weight is 352 g/mol. The first-order valence-corrected chi connectivity index (χ1v) is 8.41. The third kappa shape index (κ3) is 5.10. The number of carbonyl (C=O) groups excluding carboxylic acids is 1. The van der Waals surface area contributed by atoms with Crippen LogP contribution < -0.4 is 10.1 Å². The van der Waals surface area contributed by atoms with Crippen molar-refractivity contribution in [1.82, 2.24) is 5.32 Å². The van der Waals surface area contributed by atoms with E-state index in [-0.39, 0.29) is 5.91 Å². The summed E-state index contributed by atoms with van der Waals surface area (Å²) in [6, 6.07) is 21.4. The number of hydrogen-bond acceptors (Lipinski definition) is 2. The maximum absolute atomic E-state index is 11.8. The van der Waals surface area contributed by atoms with Crippen LogP contribution in [0.2, 0.25) is 5.02 Å². The Labute approximate surface area is 151 Å². The zero-order chi connectivity index (χ0) is 17.5. The molecule has 0 radical (unpaired) electrons. The van der Waals surface area contributed by atoms with Crippen LogP contribution in [0.5, 0.6) is 5.75 Å². The topological polar surface area (TPSA) is 38.3 Å². The standard InChI is InChI=1S/C21H18ClNO2/c22-19-9-5-16(6-10-19)7-12-21(24)23-13-14-25-20-11-8-17-3-1-2-4-18(17)15-20/h1-12,15H,13-14H2,(H,23,24)/b12-7+. The third-order valence-electron chi connectivity index (χ3n) is 3.69. The molecular weight excluding hydrogens is 334 g/mol. The third-order valence-corrected chi connectivity index (χ3v) is 3.94. The number of ether oxygens (including phenoxy) is 1. The molecular formula is C21H18ClNO2. The summed E-state index contributed by atoms with van der Waals surface area (Å²) in [5, 5.41) is 5.78. The van der Waals surface area contributed by atoms with Crippen molar-refractivity contribution in [3.8, 4) is 5.75 Å². The molecule has 4 heteroatoms. The van der Waals surface area contributed by atoms with Crippen LogP contribution in [0.1, 0.15) is 5.56 Å². The van der Waals surface area contributed by atoms with Gasteiger partial charge in [-0.1, -0.05) is 54.1 Å². The zero-order valence-electron chi connectivity index (χ0n) is 13.6. The van der Waals surface area contributed by atoms with E-state index >= 15 is 0 Å². The number of hydrogen-bond donors (Lipinski definition) is 1. The summed E-state index contributed by atoms with van der Waals surface area (Å²) in [6.07, 6.45) is 3.25. The molecule has 0 aliphatic rings. The maximum atomic E-state index is 11.8. The van der Waals surface area contributed by atoms with Crippen LogP contribution in [0.25, 0.3) is 16.8 Å². The van der Waals surface area contributed by atoms with Gasteiger partial charge in [0.05, 0.1) is 6.54 Å². The highest BCUT2D eigenvalue weighted by molar-refractivity contribution is 6.30. The predicted octanol–water partition coefficient (Wildman–Crippen LogP) is 4.70. The second kappa shape index (κ2) is 8.36. The Morgan fingerprint density at radius 1 is 1.00 bits per heavy atom. The van der Waals surface area contributed by atoms with E-state index in [2.05, 4.69) is 11.4 Å². The molecule has 0 saturated heterocycles. The average Bonchev–Trinajstić information content (AvgIpc) is 2.64. The van der Waals surface area contributed by atoms with Gasteiger partial charge in [-0.2, -0.15) is 0 Å². The molecule has 0 bridgehead atoms. The van der Waals surface area contributed by atoms with Gasteiger partial charge in [0.2, 0.25) is 5.91 Å². The molecule has 1 amide bonds. The lowest BCUT2D eigenvalue weighted by atomic mass is 10.1. The fraction of sp³-hybridized carbons (Fsp3) is 0.0952. The van der Waals surface area contributed by atoms with Gasteiger partial charge in [0.1, 0.15) is 12.4 Å². The number of amides is 1. The number of halogens is 1. The lowest BCUT2D eigenvalue weighted by Crippen LogP contribution is -2.26. The minimum atomic E-state index is -0.155. The molecule has 3 rings (SSSR count). The lowest BCUT2D eigenvalue weighted by Gasteiger charge is -2.07. The summed E-state index contributed by atoms with van der Waals surface area (Å²) in [5.74, 6) is 0.640. The first-order chi connectivity index (χ1) is 12.2. The zero-order valence-corrected chi connectivity index (χ0v) is 14.4. The molecule has 0 spiro atoms. The summed E-state index contributed by atoms with van der Waals surface area (Å²) < 4.78 is 5.69. The highest BCUT2D eigenvalue weighted by atomic mass is 35.5. The number of benzene rings is 3. The van der Waals surface area contributed by atoms with Crippen LogP contribution in [-0.2, 0) is 4.79 Å². The Morgan fingerprint density at radius 2 is 1.76 bits per heavy atom. The van der Waals surface area contributed by atoms with Crippen molar-refractivity contribution in [2.75, 3.05) is 13.2 Å². The van der Waals surface area contributed by atoms with Crippen molar-refractivity contribution >= 4 is 34.4 Å². The maximum Gasteiger partial charge on any atom is 0.244 e. The van der Waals surface area contributed by atoms with Crippen molar-refractivity contribution < 1.29 is 9.53 Å². The summed E-state index contributed by atoms with van der Waals surface area (Å²) in [4.78, 5) is 11.8. The molecule has 0 aliphatic carbocycles. The summed E-state index contributed by atoms with van der Waals surface area (Å²) >= 11 is 5.82. The predicted molar refractivity (Wildman–Crippen MR) is 103 cm³/mol. The minimum Gasteiger partial charge on any atom is -0.492 e. The molecule has 3 aromatic rings. The van der Waals surface area contributed by atoms with Crippen LogP contribution >= 0.6 is 11.6 Å². The van der Waals surface area contributed by atoms with E-state index in [0.29, 0.717) is 18.2 Å². The number of rotatable bonds is 6. The van der Waals surface area contributed by atoms with Gasteiger partial charge in [-0.25, -0.2) is 0 Å². The van der Waals surface area contributed by atoms with Crippen LogP contribution in [0.4, 0.5) is 0 Å². The Kier molecular flexibility index (Phi) is 5.70. The molecule has 0 atom stereocenters. The van der Waals surface area contributed by atoms with Gasteiger partial charge >= 0.3 is 0 Å². The van der Waals surface area contributed by atoms with Crippen molar-refractivity contribution in [1.29, 1.82) is 0 Å². The smallest absolute Gasteiger partial charge is 0.244 e. The fourth-order valence-electron chi connectivity index (χ4n) is 2.41. The van der Waals surface area contributed by atoms with Crippen LogP contribution in [-0.4, -0.2) is 19.1 Å². The van der Waals surface area contributed by atoms with E-state index in [1.807, 2.05) is 48.5 Å². The summed E-state index contributed by atoms with van der Waals surface area (Å²) in [5.41, 5.74) is 0.923. The van der Waals surface area contributed by atoms with Crippen LogP contribution in [0.3, 0.4) is 0 Å². The Morgan fingerprint density at radius 3 is 2.56 bits per heavy atom. The monoisotopic (exact) mass is 351 g/mol. The van der Waals surface area contributed by atoms with Gasteiger partial charge in [0.15, 0.2) is 0 Å². The van der Waals surface area contributed by atoms with Gasteiger partial charge in [0.25, 0.3) is 0 Å². The molecule has 3 nitrogen and oxygen atoms in total. The van der Waals surface area contributed by atoms with Gasteiger partial charge < -0.3 is 10.1 Å². The second-order valence-electron chi connectivity index (χ2n) is 5.53. The fourth-order valence-corrected chi connectivity index (χ4v) is 2.53. The highest BCUT2D eigenvalue weighted by Crippen LogP contribution is 2.20. The highest BCUT2D eigenvalue weighted by Gasteiger charge is 1.99. The molecule has 0 fully saturated rings. The van der Waals surface area contributed by atoms with Crippen molar-refractivity contribution in [3.63, 3.8) is 0 Å². The Balaban J connectivity index is 1.44. The molecule has 126 valence electrons. The molecule has 0 heterocycles. The molecule has 0 aliphatic heterocycles. The van der Waals surface area contributed by atoms with Gasteiger partial charge in [-0.05, 0) is 46.7 Å². The largest absolute Gasteiger partial charge is 0.492 e. The van der Waals surface area contributed by atoms with Gasteiger partial charge in [0, 0.05) is 11.1 Å². The normalized spacial score (nSPS) is 10.9. The van der Waals surface area contributed by atoms with E-state index in [0.717, 1.165) is 16.7 Å². The Bertz CT molecular complexity index is 888. The lowest BCUT2D eigenvalue weighted by molar-refractivity contribution is -0.116. The van der Waals surface area contributed by atoms with E-state index in [9.17, 15) is 4.79 Å². The molecule has 3 aromatic carbocycles. The minimum absolute atomic E-state index is 0.155. The van der Waals surface area contributed by atoms with Crippen molar-refractivity contribution in [2.24, 2.45) is 0 Å². The molecule has 0 unspecified atom stereocenters. The molecule has 0 aromatic heterocycles. The van der Waals surface area contributed by atoms with E-state index in [4.69, 9.17) is 16.3 Å². The first kappa shape index (κ1) is 17.1. The van der Waals surface area contributed by atoms with Crippen LogP contribution in [0.15, 0.2) is 72.8 Å². The molecule has 25 heavy (non-hydrogen) atoms. The SMILES string of the molecule is O=C(/C=C/c1ccc(Cl)cc1)NCCOc1ccc2ccccc2c1. The van der Waals surface area contributed by atoms with Crippen molar-refractivity contribution in [2.45, 2.75) is 0 Å². The number of fused-ring (bicyclic) bond motifs is 1. The first-order valence-electron chi connectivity index (χ1n) is 8.04. The second-order valence-corrected chi connectivity index (χ2v) is 5.97. The number of carbonyl (C=O) groups is 1. The molecule has 1 N–H and O–H groups in total.